The third kappa shape index (κ3) is 3.12. The van der Waals surface area contributed by atoms with Crippen molar-refractivity contribution in [1.82, 2.24) is 4.98 Å². The normalized spacial score (nSPS) is 18.0. The fourth-order valence-electron chi connectivity index (χ4n) is 3.83. The summed E-state index contributed by atoms with van der Waals surface area (Å²) in [6.45, 7) is 4.65. The van der Waals surface area contributed by atoms with Crippen molar-refractivity contribution in [3.8, 4) is 0 Å². The van der Waals surface area contributed by atoms with Crippen molar-refractivity contribution in [2.45, 2.75) is 70.6 Å². The molecule has 21 heavy (non-hydrogen) atoms. The Labute approximate surface area is 128 Å². The average Bonchev–Trinajstić information content (AvgIpc) is 2.55. The highest BCUT2D eigenvalue weighted by Gasteiger charge is 2.19. The van der Waals surface area contributed by atoms with Gasteiger partial charge in [-0.2, -0.15) is 0 Å². The number of aromatic nitrogens is 1. The van der Waals surface area contributed by atoms with Crippen LogP contribution in [0.3, 0.4) is 0 Å². The van der Waals surface area contributed by atoms with Crippen molar-refractivity contribution in [3.05, 3.63) is 41.6 Å². The zero-order chi connectivity index (χ0) is 14.7. The van der Waals surface area contributed by atoms with E-state index in [2.05, 4.69) is 44.2 Å². The lowest BCUT2D eigenvalue weighted by Crippen LogP contribution is -2.08. The standard InChI is InChI=1S/C20H27N/c1-3-9-15(2)18-14-20(16-10-5-4-6-11-16)21-19-13-8-7-12-17(18)19/h7-8,12-16H,3-6,9-11H2,1-2H3. The van der Waals surface area contributed by atoms with Gasteiger partial charge in [-0.3, -0.25) is 4.98 Å². The Morgan fingerprint density at radius 1 is 1.14 bits per heavy atom. The molecular weight excluding hydrogens is 254 g/mol. The first-order valence-electron chi connectivity index (χ1n) is 8.69. The van der Waals surface area contributed by atoms with Crippen LogP contribution in [-0.2, 0) is 0 Å². The van der Waals surface area contributed by atoms with Crippen LogP contribution in [0.5, 0.6) is 0 Å². The summed E-state index contributed by atoms with van der Waals surface area (Å²) in [5, 5.41) is 1.36. The topological polar surface area (TPSA) is 12.9 Å². The van der Waals surface area contributed by atoms with Crippen molar-refractivity contribution in [1.29, 1.82) is 0 Å². The summed E-state index contributed by atoms with van der Waals surface area (Å²) in [6, 6.07) is 11.1. The summed E-state index contributed by atoms with van der Waals surface area (Å²) in [6.07, 6.45) is 9.32. The maximum absolute atomic E-state index is 5.00. The van der Waals surface area contributed by atoms with Crippen LogP contribution in [0, 0.1) is 0 Å². The quantitative estimate of drug-likeness (QED) is 0.651. The number of fused-ring (bicyclic) bond motifs is 1. The van der Waals surface area contributed by atoms with E-state index in [4.69, 9.17) is 4.98 Å². The second-order valence-electron chi connectivity index (χ2n) is 6.68. The molecule has 1 aliphatic rings. The lowest BCUT2D eigenvalue weighted by atomic mass is 9.84. The van der Waals surface area contributed by atoms with Crippen LogP contribution in [0.25, 0.3) is 10.9 Å². The minimum Gasteiger partial charge on any atom is -0.253 e. The van der Waals surface area contributed by atoms with E-state index in [1.807, 2.05) is 0 Å². The number of nitrogens with zero attached hydrogens (tertiary/aromatic N) is 1. The van der Waals surface area contributed by atoms with E-state index in [1.165, 1.54) is 67.1 Å². The number of hydrogen-bond acceptors (Lipinski definition) is 1. The minimum atomic E-state index is 0.630. The van der Waals surface area contributed by atoms with E-state index in [9.17, 15) is 0 Å². The Morgan fingerprint density at radius 3 is 2.67 bits per heavy atom. The van der Waals surface area contributed by atoms with Crippen molar-refractivity contribution >= 4 is 10.9 Å². The van der Waals surface area contributed by atoms with Crippen LogP contribution in [-0.4, -0.2) is 4.98 Å². The molecule has 1 aromatic heterocycles. The first-order chi connectivity index (χ1) is 10.3. The van der Waals surface area contributed by atoms with Crippen molar-refractivity contribution in [2.24, 2.45) is 0 Å². The molecule has 0 amide bonds. The molecule has 1 aliphatic carbocycles. The Kier molecular flexibility index (Phi) is 4.57. The lowest BCUT2D eigenvalue weighted by Gasteiger charge is -2.23. The highest BCUT2D eigenvalue weighted by molar-refractivity contribution is 5.83. The van der Waals surface area contributed by atoms with Gasteiger partial charge in [-0.15, -0.1) is 0 Å². The van der Waals surface area contributed by atoms with Crippen molar-refractivity contribution < 1.29 is 0 Å². The molecule has 0 spiro atoms. The maximum atomic E-state index is 5.00. The molecule has 1 heterocycles. The van der Waals surface area contributed by atoms with Crippen molar-refractivity contribution in [2.75, 3.05) is 0 Å². The third-order valence-electron chi connectivity index (χ3n) is 5.04. The highest BCUT2D eigenvalue weighted by atomic mass is 14.7. The van der Waals surface area contributed by atoms with Crippen LogP contribution in [0.15, 0.2) is 30.3 Å². The molecule has 1 aromatic carbocycles. The predicted octanol–water partition coefficient (Wildman–Crippen LogP) is 6.19. The molecule has 2 aromatic rings. The summed E-state index contributed by atoms with van der Waals surface area (Å²) in [4.78, 5) is 5.00. The molecule has 0 radical (unpaired) electrons. The van der Waals surface area contributed by atoms with Gasteiger partial charge in [0.1, 0.15) is 0 Å². The second kappa shape index (κ2) is 6.60. The molecule has 1 nitrogen and oxygen atoms in total. The van der Waals surface area contributed by atoms with Gasteiger partial charge in [0.15, 0.2) is 0 Å². The van der Waals surface area contributed by atoms with Gasteiger partial charge in [-0.1, -0.05) is 57.7 Å². The summed E-state index contributed by atoms with van der Waals surface area (Å²) in [5.41, 5.74) is 4.06. The zero-order valence-corrected chi connectivity index (χ0v) is 13.4. The summed E-state index contributed by atoms with van der Waals surface area (Å²) in [5.74, 6) is 1.32. The van der Waals surface area contributed by atoms with E-state index >= 15 is 0 Å². The van der Waals surface area contributed by atoms with Crippen LogP contribution in [0.4, 0.5) is 0 Å². The number of benzene rings is 1. The van der Waals surface area contributed by atoms with Gasteiger partial charge in [0, 0.05) is 17.0 Å². The smallest absolute Gasteiger partial charge is 0.0708 e. The Hall–Kier alpha value is -1.37. The minimum absolute atomic E-state index is 0.630. The Morgan fingerprint density at radius 2 is 1.90 bits per heavy atom. The SMILES string of the molecule is CCCC(C)c1cc(C2CCCCC2)nc2ccccc12. The second-order valence-corrected chi connectivity index (χ2v) is 6.68. The Balaban J connectivity index is 2.05. The third-order valence-corrected chi connectivity index (χ3v) is 5.04. The molecule has 3 rings (SSSR count). The fourth-order valence-corrected chi connectivity index (χ4v) is 3.83. The van der Waals surface area contributed by atoms with Crippen molar-refractivity contribution in [3.63, 3.8) is 0 Å². The van der Waals surface area contributed by atoms with E-state index in [0.717, 1.165) is 0 Å². The molecule has 0 saturated heterocycles. The van der Waals surface area contributed by atoms with Gasteiger partial charge < -0.3 is 0 Å². The zero-order valence-electron chi connectivity index (χ0n) is 13.4. The molecule has 1 fully saturated rings. The number of hydrogen-bond donors (Lipinski definition) is 0. The maximum Gasteiger partial charge on any atom is 0.0708 e. The van der Waals surface area contributed by atoms with Gasteiger partial charge in [0.25, 0.3) is 0 Å². The van der Waals surface area contributed by atoms with E-state index in [1.54, 1.807) is 0 Å². The molecule has 0 bridgehead atoms. The van der Waals surface area contributed by atoms with Gasteiger partial charge in [-0.25, -0.2) is 0 Å². The summed E-state index contributed by atoms with van der Waals surface area (Å²) in [7, 11) is 0. The fraction of sp³-hybridized carbons (Fsp3) is 0.550. The largest absolute Gasteiger partial charge is 0.253 e. The summed E-state index contributed by atoms with van der Waals surface area (Å²) >= 11 is 0. The molecule has 1 heteroatoms. The summed E-state index contributed by atoms with van der Waals surface area (Å²) < 4.78 is 0. The highest BCUT2D eigenvalue weighted by Crippen LogP contribution is 2.35. The number of pyridine rings is 1. The van der Waals surface area contributed by atoms with Crippen LogP contribution in [0.1, 0.15) is 81.9 Å². The Bertz CT molecular complexity index is 596. The molecule has 1 atom stereocenters. The first-order valence-corrected chi connectivity index (χ1v) is 8.69. The van der Waals surface area contributed by atoms with Crippen LogP contribution in [0.2, 0.25) is 0 Å². The first kappa shape index (κ1) is 14.6. The molecule has 112 valence electrons. The van der Waals surface area contributed by atoms with E-state index in [0.29, 0.717) is 11.8 Å². The average molecular weight is 281 g/mol. The van der Waals surface area contributed by atoms with Gasteiger partial charge in [-0.05, 0) is 42.9 Å². The van der Waals surface area contributed by atoms with Gasteiger partial charge >= 0.3 is 0 Å². The molecule has 0 aliphatic heterocycles. The monoisotopic (exact) mass is 281 g/mol. The van der Waals surface area contributed by atoms with Crippen LogP contribution >= 0.6 is 0 Å². The van der Waals surface area contributed by atoms with E-state index < -0.39 is 0 Å². The molecule has 1 unspecified atom stereocenters. The van der Waals surface area contributed by atoms with Crippen LogP contribution < -0.4 is 0 Å². The molecule has 1 saturated carbocycles. The molecule has 0 N–H and O–H groups in total. The molecular formula is C20H27N. The lowest BCUT2D eigenvalue weighted by molar-refractivity contribution is 0.437. The van der Waals surface area contributed by atoms with Gasteiger partial charge in [0.2, 0.25) is 0 Å². The number of para-hydroxylation sites is 1. The van der Waals surface area contributed by atoms with Gasteiger partial charge in [0.05, 0.1) is 5.52 Å². The predicted molar refractivity (Wildman–Crippen MR) is 90.9 cm³/mol. The van der Waals surface area contributed by atoms with E-state index in [-0.39, 0.29) is 0 Å². The number of rotatable bonds is 4.